The van der Waals surface area contributed by atoms with Gasteiger partial charge in [0.25, 0.3) is 0 Å². The highest BCUT2D eigenvalue weighted by molar-refractivity contribution is 7.09. The maximum absolute atomic E-state index is 11.9. The number of hydrogen-bond acceptors (Lipinski definition) is 6. The van der Waals surface area contributed by atoms with Crippen LogP contribution in [0.25, 0.3) is 10.6 Å². The maximum Gasteiger partial charge on any atom is 0.412 e. The van der Waals surface area contributed by atoms with Gasteiger partial charge in [-0.2, -0.15) is 4.37 Å². The predicted molar refractivity (Wildman–Crippen MR) is 119 cm³/mol. The van der Waals surface area contributed by atoms with Crippen LogP contribution < -0.4 is 5.32 Å². The van der Waals surface area contributed by atoms with Crippen molar-refractivity contribution in [1.82, 2.24) is 9.36 Å². The van der Waals surface area contributed by atoms with E-state index in [1.807, 2.05) is 60.6 Å². The second-order valence-electron chi connectivity index (χ2n) is 5.73. The molecule has 0 fully saturated rings. The molecule has 0 aliphatic rings. The van der Waals surface area contributed by atoms with Crippen LogP contribution >= 0.6 is 11.5 Å². The highest BCUT2D eigenvalue weighted by Crippen LogP contribution is 2.27. The van der Waals surface area contributed by atoms with Crippen molar-refractivity contribution in [3.8, 4) is 10.6 Å². The average Bonchev–Trinajstić information content (AvgIpc) is 3.16. The molecule has 0 saturated carbocycles. The van der Waals surface area contributed by atoms with Crippen molar-refractivity contribution in [2.24, 2.45) is 0 Å². The zero-order valence-electron chi connectivity index (χ0n) is 18.8. The van der Waals surface area contributed by atoms with Gasteiger partial charge in [-0.3, -0.25) is 10.1 Å². The van der Waals surface area contributed by atoms with E-state index in [4.69, 9.17) is 4.74 Å². The summed E-state index contributed by atoms with van der Waals surface area (Å²) in [5.74, 6) is 0.155. The largest absolute Gasteiger partial charge is 0.444 e. The number of hydrogen-bond donors (Lipinski definition) is 1. The standard InChI is InChI=1S/C15H17N3O3S.3C2H6/c1-9-5-6-10(13-17-12(8-19)18-22-13)7-11(9)16-14(20)21-15(2,3)4;3*1-2/h5-8H,1-4H3,(H,16,20);3*1-2H3. The van der Waals surface area contributed by atoms with E-state index in [2.05, 4.69) is 14.7 Å². The molecule has 0 aliphatic heterocycles. The number of ether oxygens (including phenoxy) is 1. The van der Waals surface area contributed by atoms with Crippen LogP contribution in [0.5, 0.6) is 0 Å². The van der Waals surface area contributed by atoms with Crippen LogP contribution in [0.3, 0.4) is 0 Å². The number of anilines is 1. The van der Waals surface area contributed by atoms with E-state index in [1.54, 1.807) is 26.8 Å². The maximum atomic E-state index is 11.9. The molecule has 0 unspecified atom stereocenters. The third kappa shape index (κ3) is 10.2. The molecular formula is C21H35N3O3S. The Morgan fingerprint density at radius 2 is 1.68 bits per heavy atom. The Bertz CT molecular complexity index is 707. The lowest BCUT2D eigenvalue weighted by molar-refractivity contribution is 0.0635. The molecule has 7 heteroatoms. The first kappa shape index (κ1) is 27.9. The topological polar surface area (TPSA) is 81.2 Å². The van der Waals surface area contributed by atoms with Crippen molar-refractivity contribution < 1.29 is 14.3 Å². The highest BCUT2D eigenvalue weighted by atomic mass is 32.1. The van der Waals surface area contributed by atoms with Crippen molar-refractivity contribution in [1.29, 1.82) is 0 Å². The summed E-state index contributed by atoms with van der Waals surface area (Å²) in [4.78, 5) is 26.6. The zero-order valence-corrected chi connectivity index (χ0v) is 19.7. The molecule has 2 aromatic rings. The summed E-state index contributed by atoms with van der Waals surface area (Å²) in [5.41, 5.74) is 1.75. The van der Waals surface area contributed by atoms with Gasteiger partial charge in [-0.1, -0.05) is 53.7 Å². The summed E-state index contributed by atoms with van der Waals surface area (Å²) in [7, 11) is 0. The lowest BCUT2D eigenvalue weighted by Gasteiger charge is -2.20. The Labute approximate surface area is 173 Å². The molecule has 0 atom stereocenters. The highest BCUT2D eigenvalue weighted by Gasteiger charge is 2.17. The van der Waals surface area contributed by atoms with Gasteiger partial charge < -0.3 is 4.74 Å². The molecule has 0 spiro atoms. The number of amides is 1. The minimum absolute atomic E-state index is 0.155. The lowest BCUT2D eigenvalue weighted by Crippen LogP contribution is -2.27. The van der Waals surface area contributed by atoms with Crippen molar-refractivity contribution in [2.75, 3.05) is 5.32 Å². The van der Waals surface area contributed by atoms with Crippen LogP contribution in [-0.2, 0) is 4.74 Å². The van der Waals surface area contributed by atoms with Crippen molar-refractivity contribution in [2.45, 2.75) is 74.8 Å². The number of aromatic nitrogens is 2. The summed E-state index contributed by atoms with van der Waals surface area (Å²) < 4.78 is 9.17. The van der Waals surface area contributed by atoms with Crippen LogP contribution in [0.4, 0.5) is 10.5 Å². The Morgan fingerprint density at radius 3 is 2.14 bits per heavy atom. The monoisotopic (exact) mass is 409 g/mol. The van der Waals surface area contributed by atoms with Gasteiger partial charge in [-0.05, 0) is 50.9 Å². The SMILES string of the molecule is CC.CC.CC.Cc1ccc(-c2nc(C=O)ns2)cc1NC(=O)OC(C)(C)C. The van der Waals surface area contributed by atoms with Gasteiger partial charge in [0.1, 0.15) is 10.6 Å². The molecular weight excluding hydrogens is 374 g/mol. The molecule has 0 bridgehead atoms. The van der Waals surface area contributed by atoms with Crippen molar-refractivity contribution in [3.63, 3.8) is 0 Å². The fourth-order valence-electron chi connectivity index (χ4n) is 1.70. The molecule has 1 amide bonds. The molecule has 2 rings (SSSR count). The molecule has 0 radical (unpaired) electrons. The number of rotatable bonds is 3. The van der Waals surface area contributed by atoms with E-state index < -0.39 is 11.7 Å². The lowest BCUT2D eigenvalue weighted by atomic mass is 10.1. The van der Waals surface area contributed by atoms with Crippen LogP contribution in [0.2, 0.25) is 0 Å². The fraction of sp³-hybridized carbons (Fsp3) is 0.524. The third-order valence-corrected chi connectivity index (χ3v) is 3.45. The molecule has 158 valence electrons. The summed E-state index contributed by atoms with van der Waals surface area (Å²) in [5, 5.41) is 3.34. The Hall–Kier alpha value is -2.28. The van der Waals surface area contributed by atoms with Crippen LogP contribution in [0.15, 0.2) is 18.2 Å². The van der Waals surface area contributed by atoms with Crippen molar-refractivity contribution in [3.05, 3.63) is 29.6 Å². The number of nitrogens with one attached hydrogen (secondary N) is 1. The summed E-state index contributed by atoms with van der Waals surface area (Å²) >= 11 is 1.13. The minimum Gasteiger partial charge on any atom is -0.444 e. The zero-order chi connectivity index (χ0) is 22.3. The molecule has 1 aromatic heterocycles. The second kappa shape index (κ2) is 14.7. The van der Waals surface area contributed by atoms with Gasteiger partial charge in [-0.25, -0.2) is 9.78 Å². The second-order valence-corrected chi connectivity index (χ2v) is 6.48. The fourth-order valence-corrected chi connectivity index (χ4v) is 2.33. The van der Waals surface area contributed by atoms with Crippen LogP contribution in [0, 0.1) is 6.92 Å². The third-order valence-electron chi connectivity index (χ3n) is 2.67. The van der Waals surface area contributed by atoms with Gasteiger partial charge >= 0.3 is 6.09 Å². The van der Waals surface area contributed by atoms with Crippen molar-refractivity contribution >= 4 is 29.6 Å². The Morgan fingerprint density at radius 1 is 1.11 bits per heavy atom. The van der Waals surface area contributed by atoms with Gasteiger partial charge in [0.05, 0.1) is 0 Å². The normalized spacial score (nSPS) is 9.36. The van der Waals surface area contributed by atoms with Crippen LogP contribution in [-0.4, -0.2) is 27.3 Å². The molecule has 0 aliphatic carbocycles. The minimum atomic E-state index is -0.562. The van der Waals surface area contributed by atoms with E-state index in [0.29, 0.717) is 17.0 Å². The Balaban J connectivity index is 0. The average molecular weight is 410 g/mol. The van der Waals surface area contributed by atoms with Gasteiger partial charge in [-0.15, -0.1) is 0 Å². The number of aryl methyl sites for hydroxylation is 1. The molecule has 1 heterocycles. The smallest absolute Gasteiger partial charge is 0.412 e. The van der Waals surface area contributed by atoms with E-state index in [-0.39, 0.29) is 5.82 Å². The molecule has 1 aromatic carbocycles. The number of carbonyl (C=O) groups is 2. The Kier molecular flexibility index (Phi) is 14.7. The summed E-state index contributed by atoms with van der Waals surface area (Å²) in [6.07, 6.45) is 0.0900. The molecule has 6 nitrogen and oxygen atoms in total. The number of nitrogens with zero attached hydrogens (tertiary/aromatic N) is 2. The number of benzene rings is 1. The molecule has 28 heavy (non-hydrogen) atoms. The van der Waals surface area contributed by atoms with Gasteiger partial charge in [0, 0.05) is 11.3 Å². The van der Waals surface area contributed by atoms with Gasteiger partial charge in [0.2, 0.25) is 5.82 Å². The van der Waals surface area contributed by atoms with Gasteiger partial charge in [0.15, 0.2) is 6.29 Å². The van der Waals surface area contributed by atoms with E-state index in [0.717, 1.165) is 22.7 Å². The molecule has 0 saturated heterocycles. The summed E-state index contributed by atoms with van der Waals surface area (Å²) in [6.45, 7) is 19.3. The quantitative estimate of drug-likeness (QED) is 0.567. The van der Waals surface area contributed by atoms with E-state index in [9.17, 15) is 9.59 Å². The summed E-state index contributed by atoms with van der Waals surface area (Å²) in [6, 6.07) is 5.52. The van der Waals surface area contributed by atoms with E-state index in [1.165, 1.54) is 0 Å². The predicted octanol–water partition coefficient (Wildman–Crippen LogP) is 6.75. The van der Waals surface area contributed by atoms with Crippen LogP contribution in [0.1, 0.15) is 78.5 Å². The number of carbonyl (C=O) groups excluding carboxylic acids is 2. The first-order valence-corrected chi connectivity index (χ1v) is 10.5. The first-order valence-electron chi connectivity index (χ1n) is 9.68. The first-order chi connectivity index (χ1) is 13.3. The van der Waals surface area contributed by atoms with E-state index >= 15 is 0 Å². The molecule has 1 N–H and O–H groups in total. The number of aldehydes is 1.